The van der Waals surface area contributed by atoms with Gasteiger partial charge in [0, 0.05) is 12.6 Å². The van der Waals surface area contributed by atoms with Crippen molar-refractivity contribution in [1.29, 1.82) is 0 Å². The maximum atomic E-state index is 8.95. The zero-order valence-corrected chi connectivity index (χ0v) is 10.1. The van der Waals surface area contributed by atoms with Gasteiger partial charge in [-0.2, -0.15) is 0 Å². The molecule has 0 spiro atoms. The number of aliphatic hydroxyl groups is 1. The number of benzene rings is 1. The van der Waals surface area contributed by atoms with E-state index in [2.05, 4.69) is 15.3 Å². The van der Waals surface area contributed by atoms with Gasteiger partial charge in [-0.15, -0.1) is 0 Å². The van der Waals surface area contributed by atoms with E-state index in [1.54, 1.807) is 13.2 Å². The fourth-order valence-electron chi connectivity index (χ4n) is 1.50. The van der Waals surface area contributed by atoms with Crippen LogP contribution in [0, 0.1) is 0 Å². The lowest BCUT2D eigenvalue weighted by Gasteiger charge is -2.07. The predicted octanol–water partition coefficient (Wildman–Crippen LogP) is 1.59. The van der Waals surface area contributed by atoms with Crippen LogP contribution in [0.3, 0.4) is 0 Å². The molecule has 2 aromatic rings. The van der Waals surface area contributed by atoms with Gasteiger partial charge in [-0.3, -0.25) is 0 Å². The Morgan fingerprint density at radius 1 is 1.17 bits per heavy atom. The van der Waals surface area contributed by atoms with Gasteiger partial charge in [0.15, 0.2) is 0 Å². The van der Waals surface area contributed by atoms with Crippen LogP contribution < -0.4 is 10.1 Å². The Labute approximate surface area is 105 Å². The van der Waals surface area contributed by atoms with Gasteiger partial charge in [0.05, 0.1) is 13.7 Å². The van der Waals surface area contributed by atoms with Crippen LogP contribution in [0.2, 0.25) is 0 Å². The number of nitrogens with zero attached hydrogens (tertiary/aromatic N) is 2. The molecule has 0 aliphatic rings. The highest BCUT2D eigenvalue weighted by molar-refractivity contribution is 5.38. The summed E-state index contributed by atoms with van der Waals surface area (Å²) in [6.07, 6.45) is 1.45. The van der Waals surface area contributed by atoms with Crippen LogP contribution in [0.5, 0.6) is 5.88 Å². The lowest BCUT2D eigenvalue weighted by atomic mass is 10.1. The van der Waals surface area contributed by atoms with E-state index in [0.29, 0.717) is 18.2 Å². The Balaban J connectivity index is 1.97. The van der Waals surface area contributed by atoms with Crippen molar-refractivity contribution in [3.63, 3.8) is 0 Å². The molecule has 0 saturated carbocycles. The summed E-state index contributed by atoms with van der Waals surface area (Å²) in [6.45, 7) is 0.725. The highest BCUT2D eigenvalue weighted by Gasteiger charge is 1.99. The van der Waals surface area contributed by atoms with E-state index in [4.69, 9.17) is 9.84 Å². The Hall–Kier alpha value is -2.14. The van der Waals surface area contributed by atoms with Crippen molar-refractivity contribution in [3.05, 3.63) is 47.8 Å². The second kappa shape index (κ2) is 5.97. The minimum absolute atomic E-state index is 0.0663. The number of methoxy groups -OCH3 is 1. The summed E-state index contributed by atoms with van der Waals surface area (Å²) in [7, 11) is 1.57. The molecule has 1 aromatic carbocycles. The van der Waals surface area contributed by atoms with E-state index in [0.717, 1.165) is 11.1 Å². The normalized spacial score (nSPS) is 10.1. The topological polar surface area (TPSA) is 67.3 Å². The van der Waals surface area contributed by atoms with Crippen molar-refractivity contribution in [3.8, 4) is 5.88 Å². The second-order valence-corrected chi connectivity index (χ2v) is 3.77. The quantitative estimate of drug-likeness (QED) is 0.837. The third-order valence-corrected chi connectivity index (χ3v) is 2.53. The van der Waals surface area contributed by atoms with Gasteiger partial charge < -0.3 is 15.2 Å². The van der Waals surface area contributed by atoms with Gasteiger partial charge in [-0.05, 0) is 11.1 Å². The molecule has 18 heavy (non-hydrogen) atoms. The summed E-state index contributed by atoms with van der Waals surface area (Å²) in [4.78, 5) is 8.03. The molecule has 5 heteroatoms. The summed E-state index contributed by atoms with van der Waals surface area (Å²) in [6, 6.07) is 9.48. The van der Waals surface area contributed by atoms with Crippen LogP contribution >= 0.6 is 0 Å². The summed E-state index contributed by atoms with van der Waals surface area (Å²) in [5, 5.41) is 12.1. The number of anilines is 1. The van der Waals surface area contributed by atoms with Gasteiger partial charge in [0.25, 0.3) is 0 Å². The number of ether oxygens (including phenoxy) is 1. The zero-order chi connectivity index (χ0) is 12.8. The van der Waals surface area contributed by atoms with Crippen molar-refractivity contribution in [2.45, 2.75) is 13.2 Å². The number of nitrogens with one attached hydrogen (secondary N) is 1. The average molecular weight is 245 g/mol. The molecule has 0 amide bonds. The number of rotatable bonds is 5. The predicted molar refractivity (Wildman–Crippen MR) is 68.3 cm³/mol. The minimum atomic E-state index is 0.0663. The Morgan fingerprint density at radius 2 is 1.89 bits per heavy atom. The molecule has 0 saturated heterocycles. The highest BCUT2D eigenvalue weighted by Crippen LogP contribution is 2.12. The molecule has 1 heterocycles. The molecule has 1 aromatic heterocycles. The Kier molecular flexibility index (Phi) is 4.09. The highest BCUT2D eigenvalue weighted by atomic mass is 16.5. The Bertz CT molecular complexity index is 500. The largest absolute Gasteiger partial charge is 0.481 e. The molecule has 0 radical (unpaired) electrons. The number of aliphatic hydroxyl groups excluding tert-OH is 1. The smallest absolute Gasteiger partial charge is 0.218 e. The lowest BCUT2D eigenvalue weighted by molar-refractivity contribution is 0.282. The van der Waals surface area contributed by atoms with Crippen LogP contribution in [-0.2, 0) is 13.2 Å². The van der Waals surface area contributed by atoms with Gasteiger partial charge in [0.1, 0.15) is 12.1 Å². The van der Waals surface area contributed by atoms with Crippen LogP contribution in [0.25, 0.3) is 0 Å². The molecular formula is C13H15N3O2. The zero-order valence-electron chi connectivity index (χ0n) is 10.1. The Morgan fingerprint density at radius 3 is 2.56 bits per heavy atom. The molecule has 0 atom stereocenters. The molecular weight excluding hydrogens is 230 g/mol. The minimum Gasteiger partial charge on any atom is -0.481 e. The standard InChI is InChI=1S/C13H15N3O2/c1-18-13-6-12(15-9-16-13)14-7-10-2-4-11(8-17)5-3-10/h2-6,9,17H,7-8H2,1H3,(H,14,15,16). The molecule has 0 aliphatic heterocycles. The lowest BCUT2D eigenvalue weighted by Crippen LogP contribution is -2.02. The first-order valence-electron chi connectivity index (χ1n) is 5.60. The number of aromatic nitrogens is 2. The average Bonchev–Trinajstić information content (AvgIpc) is 2.46. The second-order valence-electron chi connectivity index (χ2n) is 3.77. The van der Waals surface area contributed by atoms with E-state index in [9.17, 15) is 0 Å². The maximum absolute atomic E-state index is 8.95. The van der Waals surface area contributed by atoms with E-state index >= 15 is 0 Å². The first-order valence-corrected chi connectivity index (χ1v) is 5.60. The first kappa shape index (κ1) is 12.3. The molecule has 2 rings (SSSR count). The van der Waals surface area contributed by atoms with Crippen molar-refractivity contribution < 1.29 is 9.84 Å². The SMILES string of the molecule is COc1cc(NCc2ccc(CO)cc2)ncn1. The molecule has 0 unspecified atom stereocenters. The van der Waals surface area contributed by atoms with Crippen molar-refractivity contribution in [2.75, 3.05) is 12.4 Å². The molecule has 94 valence electrons. The van der Waals surface area contributed by atoms with Crippen molar-refractivity contribution in [2.24, 2.45) is 0 Å². The van der Waals surface area contributed by atoms with E-state index in [1.807, 2.05) is 24.3 Å². The molecule has 0 fully saturated rings. The van der Waals surface area contributed by atoms with Gasteiger partial charge in [-0.1, -0.05) is 24.3 Å². The number of hydrogen-bond donors (Lipinski definition) is 2. The van der Waals surface area contributed by atoms with Crippen LogP contribution in [0.1, 0.15) is 11.1 Å². The molecule has 0 aliphatic carbocycles. The van der Waals surface area contributed by atoms with Crippen LogP contribution in [0.4, 0.5) is 5.82 Å². The molecule has 0 bridgehead atoms. The van der Waals surface area contributed by atoms with Gasteiger partial charge in [-0.25, -0.2) is 9.97 Å². The first-order chi connectivity index (χ1) is 8.81. The van der Waals surface area contributed by atoms with E-state index < -0.39 is 0 Å². The third kappa shape index (κ3) is 3.18. The van der Waals surface area contributed by atoms with Crippen LogP contribution in [0.15, 0.2) is 36.7 Å². The fourth-order valence-corrected chi connectivity index (χ4v) is 1.50. The van der Waals surface area contributed by atoms with Crippen LogP contribution in [-0.4, -0.2) is 22.2 Å². The molecule has 2 N–H and O–H groups in total. The number of hydrogen-bond acceptors (Lipinski definition) is 5. The summed E-state index contributed by atoms with van der Waals surface area (Å²) in [5.41, 5.74) is 2.02. The van der Waals surface area contributed by atoms with E-state index in [-0.39, 0.29) is 6.61 Å². The summed E-state index contributed by atoms with van der Waals surface area (Å²) in [5.74, 6) is 1.25. The van der Waals surface area contributed by atoms with E-state index in [1.165, 1.54) is 6.33 Å². The summed E-state index contributed by atoms with van der Waals surface area (Å²) < 4.78 is 5.02. The third-order valence-electron chi connectivity index (χ3n) is 2.53. The monoisotopic (exact) mass is 245 g/mol. The maximum Gasteiger partial charge on any atom is 0.218 e. The van der Waals surface area contributed by atoms with Crippen molar-refractivity contribution in [1.82, 2.24) is 9.97 Å². The molecule has 5 nitrogen and oxygen atoms in total. The van der Waals surface area contributed by atoms with Crippen molar-refractivity contribution >= 4 is 5.82 Å². The summed E-state index contributed by atoms with van der Waals surface area (Å²) >= 11 is 0. The fraction of sp³-hybridized carbons (Fsp3) is 0.231. The van der Waals surface area contributed by atoms with Gasteiger partial charge in [0.2, 0.25) is 5.88 Å². The van der Waals surface area contributed by atoms with Gasteiger partial charge >= 0.3 is 0 Å².